The first-order valence-electron chi connectivity index (χ1n) is 4.56. The summed E-state index contributed by atoms with van der Waals surface area (Å²) in [6.07, 6.45) is 1.73. The van der Waals surface area contributed by atoms with E-state index in [1.54, 1.807) is 0 Å². The molecule has 66 valence electrons. The molecule has 0 saturated carbocycles. The van der Waals surface area contributed by atoms with Gasteiger partial charge < -0.3 is 0 Å². The van der Waals surface area contributed by atoms with Crippen LogP contribution in [0.25, 0.3) is 0 Å². The molecular formula is C11H16O. The van der Waals surface area contributed by atoms with Gasteiger partial charge in [-0.3, -0.25) is 4.79 Å². The topological polar surface area (TPSA) is 17.1 Å². The predicted molar refractivity (Wildman–Crippen MR) is 50.9 cm³/mol. The van der Waals surface area contributed by atoms with Gasteiger partial charge in [-0.2, -0.15) is 0 Å². The molecule has 0 bridgehead atoms. The summed E-state index contributed by atoms with van der Waals surface area (Å²) in [5.41, 5.74) is 3.17. The molecule has 0 radical (unpaired) electrons. The lowest BCUT2D eigenvalue weighted by atomic mass is 9.97. The van der Waals surface area contributed by atoms with Crippen molar-refractivity contribution in [1.29, 1.82) is 0 Å². The molecule has 0 saturated heterocycles. The van der Waals surface area contributed by atoms with Gasteiger partial charge in [0.25, 0.3) is 0 Å². The summed E-state index contributed by atoms with van der Waals surface area (Å²) in [7, 11) is 0. The average Bonchev–Trinajstić information content (AvgIpc) is 2.25. The number of carbonyl (C=O) groups is 1. The second-order valence-electron chi connectivity index (χ2n) is 3.31. The zero-order valence-corrected chi connectivity index (χ0v) is 8.11. The molecule has 0 heterocycles. The summed E-state index contributed by atoms with van der Waals surface area (Å²) < 4.78 is 0. The summed E-state index contributed by atoms with van der Waals surface area (Å²) in [6.45, 7) is 10.0. The molecule has 1 nitrogen and oxygen atoms in total. The fraction of sp³-hybridized carbons (Fsp3) is 0.545. The third-order valence-electron chi connectivity index (χ3n) is 2.73. The van der Waals surface area contributed by atoms with Crippen LogP contribution < -0.4 is 0 Å². The van der Waals surface area contributed by atoms with E-state index >= 15 is 0 Å². The Bertz CT molecular complexity index is 258. The zero-order chi connectivity index (χ0) is 9.30. The summed E-state index contributed by atoms with van der Waals surface area (Å²) in [6, 6.07) is 0. The highest BCUT2D eigenvalue weighted by Gasteiger charge is 2.31. The van der Waals surface area contributed by atoms with Crippen LogP contribution in [0.15, 0.2) is 23.3 Å². The maximum absolute atomic E-state index is 11.7. The molecule has 0 aromatic rings. The maximum atomic E-state index is 11.7. The molecule has 1 aliphatic rings. The quantitative estimate of drug-likeness (QED) is 0.613. The Morgan fingerprint density at radius 2 is 2.00 bits per heavy atom. The smallest absolute Gasteiger partial charge is 0.166 e. The number of carbonyl (C=O) groups excluding carboxylic acids is 1. The van der Waals surface area contributed by atoms with E-state index in [4.69, 9.17) is 0 Å². The molecule has 0 aromatic heterocycles. The molecule has 1 atom stereocenters. The molecule has 0 spiro atoms. The second-order valence-corrected chi connectivity index (χ2v) is 3.31. The Kier molecular flexibility index (Phi) is 2.51. The Labute approximate surface area is 74.2 Å². The average molecular weight is 164 g/mol. The van der Waals surface area contributed by atoms with Gasteiger partial charge in [0.2, 0.25) is 0 Å². The van der Waals surface area contributed by atoms with E-state index in [0.717, 1.165) is 29.6 Å². The Morgan fingerprint density at radius 3 is 2.25 bits per heavy atom. The van der Waals surface area contributed by atoms with Crippen molar-refractivity contribution >= 4 is 5.78 Å². The molecule has 0 aromatic carbocycles. The Balaban J connectivity index is 3.02. The van der Waals surface area contributed by atoms with Crippen molar-refractivity contribution in [3.05, 3.63) is 23.3 Å². The summed E-state index contributed by atoms with van der Waals surface area (Å²) in [5, 5.41) is 0. The van der Waals surface area contributed by atoms with E-state index in [-0.39, 0.29) is 5.92 Å². The SMILES string of the molecule is C=C1C(C)=C(CC)C(=O)C1CC. The standard InChI is InChI=1S/C11H16O/c1-5-9-7(3)8(4)10(6-2)11(9)12/h9H,3,5-6H2,1-2,4H3. The van der Waals surface area contributed by atoms with Gasteiger partial charge in [0.1, 0.15) is 0 Å². The zero-order valence-electron chi connectivity index (χ0n) is 8.11. The number of allylic oxidation sites excluding steroid dienone is 3. The van der Waals surface area contributed by atoms with Gasteiger partial charge in [-0.05, 0) is 36.5 Å². The number of hydrogen-bond donors (Lipinski definition) is 0. The van der Waals surface area contributed by atoms with E-state index in [0.29, 0.717) is 5.78 Å². The predicted octanol–water partition coefficient (Wildman–Crippen LogP) is 2.88. The fourth-order valence-corrected chi connectivity index (χ4v) is 1.88. The number of ketones is 1. The monoisotopic (exact) mass is 164 g/mol. The van der Waals surface area contributed by atoms with Crippen molar-refractivity contribution in [3.63, 3.8) is 0 Å². The van der Waals surface area contributed by atoms with Gasteiger partial charge >= 0.3 is 0 Å². The van der Waals surface area contributed by atoms with Gasteiger partial charge in [0, 0.05) is 5.92 Å². The van der Waals surface area contributed by atoms with Crippen molar-refractivity contribution < 1.29 is 4.79 Å². The Hall–Kier alpha value is -0.850. The first kappa shape index (κ1) is 9.24. The minimum absolute atomic E-state index is 0.0833. The van der Waals surface area contributed by atoms with Gasteiger partial charge in [-0.25, -0.2) is 0 Å². The molecule has 1 heteroatoms. The van der Waals surface area contributed by atoms with Gasteiger partial charge in [-0.1, -0.05) is 20.4 Å². The van der Waals surface area contributed by atoms with E-state index < -0.39 is 0 Å². The second kappa shape index (κ2) is 3.26. The number of rotatable bonds is 2. The van der Waals surface area contributed by atoms with Crippen molar-refractivity contribution in [2.75, 3.05) is 0 Å². The van der Waals surface area contributed by atoms with Gasteiger partial charge in [-0.15, -0.1) is 0 Å². The molecule has 0 N–H and O–H groups in total. The minimum atomic E-state index is 0.0833. The number of hydrogen-bond acceptors (Lipinski definition) is 1. The van der Waals surface area contributed by atoms with Crippen LogP contribution in [0.3, 0.4) is 0 Å². The lowest BCUT2D eigenvalue weighted by Crippen LogP contribution is -2.09. The first-order chi connectivity index (χ1) is 5.63. The summed E-state index contributed by atoms with van der Waals surface area (Å²) in [4.78, 5) is 11.7. The summed E-state index contributed by atoms with van der Waals surface area (Å²) in [5.74, 6) is 0.391. The minimum Gasteiger partial charge on any atom is -0.294 e. The lowest BCUT2D eigenvalue weighted by molar-refractivity contribution is -0.117. The molecule has 1 rings (SSSR count). The van der Waals surface area contributed by atoms with Crippen molar-refractivity contribution in [2.24, 2.45) is 5.92 Å². The molecule has 0 fully saturated rings. The first-order valence-corrected chi connectivity index (χ1v) is 4.56. The normalized spacial score (nSPS) is 24.1. The molecule has 0 amide bonds. The molecule has 1 unspecified atom stereocenters. The number of Topliss-reactive ketones (excluding diaryl/α,β-unsaturated/α-hetero) is 1. The van der Waals surface area contributed by atoms with E-state index in [2.05, 4.69) is 6.58 Å². The van der Waals surface area contributed by atoms with Crippen LogP contribution in [0.4, 0.5) is 0 Å². The third-order valence-corrected chi connectivity index (χ3v) is 2.73. The highest BCUT2D eigenvalue weighted by molar-refractivity contribution is 6.04. The summed E-state index contributed by atoms with van der Waals surface area (Å²) >= 11 is 0. The molecule has 12 heavy (non-hydrogen) atoms. The highest BCUT2D eigenvalue weighted by Crippen LogP contribution is 2.35. The molecular weight excluding hydrogens is 148 g/mol. The highest BCUT2D eigenvalue weighted by atomic mass is 16.1. The molecule has 0 aliphatic heterocycles. The van der Waals surface area contributed by atoms with Crippen LogP contribution in [0.5, 0.6) is 0 Å². The van der Waals surface area contributed by atoms with Crippen LogP contribution in [-0.2, 0) is 4.79 Å². The van der Waals surface area contributed by atoms with Crippen molar-refractivity contribution in [3.8, 4) is 0 Å². The molecule has 1 aliphatic carbocycles. The van der Waals surface area contributed by atoms with E-state index in [1.807, 2.05) is 20.8 Å². The van der Waals surface area contributed by atoms with Crippen LogP contribution in [-0.4, -0.2) is 5.78 Å². The van der Waals surface area contributed by atoms with E-state index in [9.17, 15) is 4.79 Å². The third kappa shape index (κ3) is 1.13. The van der Waals surface area contributed by atoms with Crippen molar-refractivity contribution in [2.45, 2.75) is 33.6 Å². The van der Waals surface area contributed by atoms with Gasteiger partial charge in [0.05, 0.1) is 0 Å². The maximum Gasteiger partial charge on any atom is 0.166 e. The van der Waals surface area contributed by atoms with Crippen LogP contribution in [0.1, 0.15) is 33.6 Å². The van der Waals surface area contributed by atoms with Gasteiger partial charge in [0.15, 0.2) is 5.78 Å². The Morgan fingerprint density at radius 1 is 1.42 bits per heavy atom. The lowest BCUT2D eigenvalue weighted by Gasteiger charge is -2.06. The van der Waals surface area contributed by atoms with Crippen molar-refractivity contribution in [1.82, 2.24) is 0 Å². The van der Waals surface area contributed by atoms with Crippen LogP contribution in [0.2, 0.25) is 0 Å². The van der Waals surface area contributed by atoms with Crippen LogP contribution in [0, 0.1) is 5.92 Å². The van der Waals surface area contributed by atoms with E-state index in [1.165, 1.54) is 0 Å². The van der Waals surface area contributed by atoms with Crippen LogP contribution >= 0.6 is 0 Å². The largest absolute Gasteiger partial charge is 0.294 e. The fourth-order valence-electron chi connectivity index (χ4n) is 1.88.